The van der Waals surface area contributed by atoms with E-state index in [1.807, 2.05) is 0 Å². The van der Waals surface area contributed by atoms with Crippen LogP contribution in [0, 0.1) is 0 Å². The number of hydrogen-bond acceptors (Lipinski definition) is 1. The second kappa shape index (κ2) is 9.26. The van der Waals surface area contributed by atoms with Crippen molar-refractivity contribution in [1.82, 2.24) is 0 Å². The number of hydrogen-bond donors (Lipinski definition) is 1. The van der Waals surface area contributed by atoms with Crippen molar-refractivity contribution < 1.29 is 9.59 Å². The van der Waals surface area contributed by atoms with Gasteiger partial charge in [-0.05, 0) is 12.8 Å². The molecule has 0 aromatic rings. The van der Waals surface area contributed by atoms with E-state index in [0.29, 0.717) is 5.88 Å². The molecule has 0 radical (unpaired) electrons. The molecule has 3 heteroatoms. The maximum absolute atomic E-state index is 9.52. The lowest BCUT2D eigenvalue weighted by molar-refractivity contribution is -0.893. The van der Waals surface area contributed by atoms with Crippen LogP contribution in [0.4, 0.5) is 0 Å². The van der Waals surface area contributed by atoms with Crippen LogP contribution in [0.25, 0.3) is 0 Å². The predicted molar refractivity (Wildman–Crippen MR) is 71.9 cm³/mol. The van der Waals surface area contributed by atoms with Gasteiger partial charge in [-0.25, -0.2) is 0 Å². The van der Waals surface area contributed by atoms with Gasteiger partial charge in [-0.3, -0.25) is 0 Å². The van der Waals surface area contributed by atoms with Gasteiger partial charge in [0.1, 0.15) is 12.6 Å². The van der Waals surface area contributed by atoms with E-state index in [1.165, 1.54) is 38.5 Å². The van der Waals surface area contributed by atoms with Crippen LogP contribution >= 0.6 is 11.6 Å². The zero-order valence-electron chi connectivity index (χ0n) is 11.2. The Labute approximate surface area is 106 Å². The standard InChI is InChI=1S/C13H29ClNO/c1-4-5-6-7-8-9-10-15(2,3)12-13(16)11-14/h13,16H,4-12H2,1-3H3/q+1. The highest BCUT2D eigenvalue weighted by molar-refractivity contribution is 6.18. The summed E-state index contributed by atoms with van der Waals surface area (Å²) in [6.07, 6.45) is 7.61. The topological polar surface area (TPSA) is 20.2 Å². The highest BCUT2D eigenvalue weighted by Gasteiger charge is 2.19. The van der Waals surface area contributed by atoms with Gasteiger partial charge in [0.05, 0.1) is 26.5 Å². The summed E-state index contributed by atoms with van der Waals surface area (Å²) in [7, 11) is 4.34. The minimum Gasteiger partial charge on any atom is -0.386 e. The average molecular weight is 251 g/mol. The van der Waals surface area contributed by atoms with Gasteiger partial charge in [-0.1, -0.05) is 32.6 Å². The first kappa shape index (κ1) is 16.2. The molecule has 0 amide bonds. The maximum atomic E-state index is 9.52. The van der Waals surface area contributed by atoms with Crippen molar-refractivity contribution in [1.29, 1.82) is 0 Å². The number of aliphatic hydroxyl groups is 1. The molecule has 0 aromatic carbocycles. The quantitative estimate of drug-likeness (QED) is 0.359. The first-order chi connectivity index (χ1) is 7.52. The van der Waals surface area contributed by atoms with Crippen LogP contribution < -0.4 is 0 Å². The van der Waals surface area contributed by atoms with Crippen LogP contribution in [0.5, 0.6) is 0 Å². The summed E-state index contributed by atoms with van der Waals surface area (Å²) in [6.45, 7) is 4.14. The lowest BCUT2D eigenvalue weighted by Crippen LogP contribution is -2.46. The Morgan fingerprint density at radius 2 is 1.62 bits per heavy atom. The fourth-order valence-electron chi connectivity index (χ4n) is 2.03. The molecular weight excluding hydrogens is 222 g/mol. The number of halogens is 1. The van der Waals surface area contributed by atoms with Crippen molar-refractivity contribution in [2.24, 2.45) is 0 Å². The van der Waals surface area contributed by atoms with Crippen LogP contribution in [0.2, 0.25) is 0 Å². The minimum atomic E-state index is -0.364. The van der Waals surface area contributed by atoms with Gasteiger partial charge in [-0.2, -0.15) is 0 Å². The van der Waals surface area contributed by atoms with Crippen LogP contribution in [0.3, 0.4) is 0 Å². The molecular formula is C13H29ClNO+. The van der Waals surface area contributed by atoms with E-state index in [1.54, 1.807) is 0 Å². The lowest BCUT2D eigenvalue weighted by atomic mass is 10.1. The Morgan fingerprint density at radius 1 is 1.06 bits per heavy atom. The van der Waals surface area contributed by atoms with Gasteiger partial charge in [0.2, 0.25) is 0 Å². The van der Waals surface area contributed by atoms with E-state index < -0.39 is 0 Å². The zero-order chi connectivity index (χ0) is 12.4. The monoisotopic (exact) mass is 250 g/mol. The van der Waals surface area contributed by atoms with E-state index in [2.05, 4.69) is 21.0 Å². The molecule has 2 nitrogen and oxygen atoms in total. The van der Waals surface area contributed by atoms with E-state index in [0.717, 1.165) is 17.6 Å². The lowest BCUT2D eigenvalue weighted by Gasteiger charge is -2.31. The summed E-state index contributed by atoms with van der Waals surface area (Å²) in [5.74, 6) is 0.345. The van der Waals surface area contributed by atoms with E-state index in [4.69, 9.17) is 11.6 Å². The molecule has 0 aromatic heterocycles. The number of likely N-dealkylation sites (N-methyl/N-ethyl adjacent to an activating group) is 1. The molecule has 0 fully saturated rings. The van der Waals surface area contributed by atoms with E-state index >= 15 is 0 Å². The van der Waals surface area contributed by atoms with Gasteiger partial charge in [0.15, 0.2) is 0 Å². The largest absolute Gasteiger partial charge is 0.386 e. The zero-order valence-corrected chi connectivity index (χ0v) is 12.0. The molecule has 1 N–H and O–H groups in total. The Morgan fingerprint density at radius 3 is 2.19 bits per heavy atom. The third-order valence-corrected chi connectivity index (χ3v) is 3.36. The van der Waals surface area contributed by atoms with E-state index in [-0.39, 0.29) is 6.10 Å². The molecule has 0 aliphatic rings. The molecule has 0 aliphatic heterocycles. The first-order valence-electron chi connectivity index (χ1n) is 6.58. The number of rotatable bonds is 10. The molecule has 0 spiro atoms. The smallest absolute Gasteiger partial charge is 0.116 e. The first-order valence-corrected chi connectivity index (χ1v) is 7.11. The van der Waals surface area contributed by atoms with Gasteiger partial charge in [-0.15, -0.1) is 11.6 Å². The molecule has 0 aliphatic carbocycles. The van der Waals surface area contributed by atoms with Crippen LogP contribution in [-0.2, 0) is 0 Å². The summed E-state index contributed by atoms with van der Waals surface area (Å²) < 4.78 is 0.877. The fourth-order valence-corrected chi connectivity index (χ4v) is 2.13. The molecule has 0 bridgehead atoms. The van der Waals surface area contributed by atoms with Crippen molar-refractivity contribution >= 4 is 11.6 Å². The van der Waals surface area contributed by atoms with Crippen molar-refractivity contribution in [2.75, 3.05) is 33.1 Å². The third-order valence-electron chi connectivity index (χ3n) is 3.00. The van der Waals surface area contributed by atoms with E-state index in [9.17, 15) is 5.11 Å². The molecule has 1 unspecified atom stereocenters. The van der Waals surface area contributed by atoms with Crippen molar-refractivity contribution in [3.05, 3.63) is 0 Å². The molecule has 0 saturated heterocycles. The third kappa shape index (κ3) is 9.44. The van der Waals surface area contributed by atoms with Gasteiger partial charge in [0.25, 0.3) is 0 Å². The molecule has 1 atom stereocenters. The average Bonchev–Trinajstić information content (AvgIpc) is 2.22. The molecule has 0 rings (SSSR count). The van der Waals surface area contributed by atoms with Gasteiger partial charge < -0.3 is 9.59 Å². The van der Waals surface area contributed by atoms with Crippen molar-refractivity contribution in [3.8, 4) is 0 Å². The Balaban J connectivity index is 3.50. The molecule has 0 saturated carbocycles. The fraction of sp³-hybridized carbons (Fsp3) is 1.00. The Hall–Kier alpha value is 0.210. The number of alkyl halides is 1. The number of unbranched alkanes of at least 4 members (excludes halogenated alkanes) is 5. The minimum absolute atomic E-state index is 0.345. The molecule has 98 valence electrons. The van der Waals surface area contributed by atoms with Crippen LogP contribution in [0.1, 0.15) is 45.4 Å². The van der Waals surface area contributed by atoms with Crippen molar-refractivity contribution in [2.45, 2.75) is 51.6 Å². The van der Waals surface area contributed by atoms with Gasteiger partial charge >= 0.3 is 0 Å². The summed E-state index contributed by atoms with van der Waals surface area (Å²) in [5.41, 5.74) is 0. The van der Waals surface area contributed by atoms with Crippen LogP contribution in [0.15, 0.2) is 0 Å². The molecule has 0 heterocycles. The SMILES string of the molecule is CCCCCCCC[N+](C)(C)CC(O)CCl. The highest BCUT2D eigenvalue weighted by Crippen LogP contribution is 2.09. The summed E-state index contributed by atoms with van der Waals surface area (Å²) in [4.78, 5) is 0. The number of nitrogens with zero attached hydrogens (tertiary/aromatic N) is 1. The second-order valence-corrected chi connectivity index (χ2v) is 5.73. The van der Waals surface area contributed by atoms with Gasteiger partial charge in [0, 0.05) is 0 Å². The summed E-state index contributed by atoms with van der Waals surface area (Å²) >= 11 is 5.62. The Bertz CT molecular complexity index is 162. The highest BCUT2D eigenvalue weighted by atomic mass is 35.5. The number of aliphatic hydroxyl groups excluding tert-OH is 1. The van der Waals surface area contributed by atoms with Crippen molar-refractivity contribution in [3.63, 3.8) is 0 Å². The maximum Gasteiger partial charge on any atom is 0.116 e. The predicted octanol–water partition coefficient (Wildman–Crippen LogP) is 3.02. The number of quaternary nitrogens is 1. The normalized spacial score (nSPS) is 14.1. The second-order valence-electron chi connectivity index (χ2n) is 5.42. The Kier molecular flexibility index (Phi) is 9.38. The summed E-state index contributed by atoms with van der Waals surface area (Å²) in [6, 6.07) is 0. The summed E-state index contributed by atoms with van der Waals surface area (Å²) in [5, 5.41) is 9.52. The molecule has 16 heavy (non-hydrogen) atoms. The van der Waals surface area contributed by atoms with Crippen LogP contribution in [-0.4, -0.2) is 48.8 Å².